The number of nitrogens with one attached hydrogen (secondary N) is 1. The van der Waals surface area contributed by atoms with Crippen molar-refractivity contribution < 1.29 is 4.74 Å². The van der Waals surface area contributed by atoms with Gasteiger partial charge in [-0.15, -0.1) is 11.3 Å². The fourth-order valence-electron chi connectivity index (χ4n) is 1.26. The van der Waals surface area contributed by atoms with Crippen LogP contribution in [0.4, 0.5) is 11.8 Å². The molecule has 0 spiro atoms. The maximum Gasteiger partial charge on any atom is 0.225 e. The Morgan fingerprint density at radius 1 is 1.47 bits per heavy atom. The number of nitrogens with zero attached hydrogens (tertiary/aromatic N) is 2. The zero-order chi connectivity index (χ0) is 12.3. The zero-order valence-electron chi connectivity index (χ0n) is 9.11. The predicted molar refractivity (Wildman–Crippen MR) is 69.7 cm³/mol. The van der Waals surface area contributed by atoms with Crippen molar-refractivity contribution in [3.05, 3.63) is 27.4 Å². The molecule has 0 radical (unpaired) electrons. The van der Waals surface area contributed by atoms with E-state index in [1.54, 1.807) is 6.07 Å². The first-order chi connectivity index (χ1) is 8.17. The molecular formula is C10H11ClN4OS. The van der Waals surface area contributed by atoms with Crippen LogP contribution in [0.2, 0.25) is 4.34 Å². The molecule has 0 bridgehead atoms. The Balaban J connectivity index is 2.05. The van der Waals surface area contributed by atoms with E-state index in [9.17, 15) is 0 Å². The van der Waals surface area contributed by atoms with Gasteiger partial charge in [-0.2, -0.15) is 9.97 Å². The van der Waals surface area contributed by atoms with Crippen LogP contribution in [0.5, 0.6) is 5.88 Å². The number of methoxy groups -OCH3 is 1. The molecule has 0 fully saturated rings. The summed E-state index contributed by atoms with van der Waals surface area (Å²) in [5, 5.41) is 3.13. The minimum atomic E-state index is 0.177. The number of hydrogen-bond acceptors (Lipinski definition) is 6. The number of anilines is 2. The normalized spacial score (nSPS) is 10.2. The highest BCUT2D eigenvalue weighted by Gasteiger charge is 2.03. The summed E-state index contributed by atoms with van der Waals surface area (Å²) in [5.41, 5.74) is 5.55. The summed E-state index contributed by atoms with van der Waals surface area (Å²) in [6.07, 6.45) is 0. The largest absolute Gasteiger partial charge is 0.481 e. The smallest absolute Gasteiger partial charge is 0.225 e. The molecular weight excluding hydrogens is 260 g/mol. The van der Waals surface area contributed by atoms with E-state index in [1.807, 2.05) is 12.1 Å². The molecule has 0 aliphatic heterocycles. The van der Waals surface area contributed by atoms with E-state index in [2.05, 4.69) is 15.3 Å². The first-order valence-electron chi connectivity index (χ1n) is 4.84. The van der Waals surface area contributed by atoms with Crippen LogP contribution in [0.3, 0.4) is 0 Å². The molecule has 5 nitrogen and oxygen atoms in total. The number of ether oxygens (including phenoxy) is 1. The third kappa shape index (κ3) is 3.21. The lowest BCUT2D eigenvalue weighted by Crippen LogP contribution is -2.04. The average Bonchev–Trinajstić information content (AvgIpc) is 2.72. The van der Waals surface area contributed by atoms with Crippen LogP contribution in [0.25, 0.3) is 0 Å². The van der Waals surface area contributed by atoms with Crippen molar-refractivity contribution in [1.82, 2.24) is 9.97 Å². The Morgan fingerprint density at radius 3 is 2.94 bits per heavy atom. The predicted octanol–water partition coefficient (Wildman–Crippen LogP) is 2.39. The highest BCUT2D eigenvalue weighted by Crippen LogP contribution is 2.22. The van der Waals surface area contributed by atoms with E-state index >= 15 is 0 Å². The Kier molecular flexibility index (Phi) is 3.65. The van der Waals surface area contributed by atoms with Crippen molar-refractivity contribution in [2.75, 3.05) is 18.2 Å². The lowest BCUT2D eigenvalue weighted by Gasteiger charge is -2.06. The molecule has 0 aliphatic rings. The molecule has 0 aromatic carbocycles. The Labute approximate surface area is 108 Å². The average molecular weight is 271 g/mol. The van der Waals surface area contributed by atoms with Crippen LogP contribution in [-0.4, -0.2) is 17.1 Å². The summed E-state index contributed by atoms with van der Waals surface area (Å²) < 4.78 is 5.77. The zero-order valence-corrected chi connectivity index (χ0v) is 10.7. The van der Waals surface area contributed by atoms with Crippen LogP contribution in [0.1, 0.15) is 4.88 Å². The molecule has 2 aromatic heterocycles. The number of aromatic nitrogens is 2. The molecule has 2 heterocycles. The summed E-state index contributed by atoms with van der Waals surface area (Å²) >= 11 is 7.36. The van der Waals surface area contributed by atoms with Gasteiger partial charge < -0.3 is 15.8 Å². The van der Waals surface area contributed by atoms with Crippen molar-refractivity contribution in [2.45, 2.75) is 6.54 Å². The molecule has 3 N–H and O–H groups in total. The maximum absolute atomic E-state index is 5.84. The monoisotopic (exact) mass is 270 g/mol. The summed E-state index contributed by atoms with van der Waals surface area (Å²) in [7, 11) is 1.53. The van der Waals surface area contributed by atoms with Gasteiger partial charge >= 0.3 is 0 Å². The van der Waals surface area contributed by atoms with Gasteiger partial charge in [0.25, 0.3) is 0 Å². The SMILES string of the molecule is COc1cc(NCc2ccc(Cl)s2)nc(N)n1. The number of nitrogen functional groups attached to an aromatic ring is 1. The van der Waals surface area contributed by atoms with Gasteiger partial charge in [-0.3, -0.25) is 0 Å². The topological polar surface area (TPSA) is 73.1 Å². The van der Waals surface area contributed by atoms with Gasteiger partial charge in [0.2, 0.25) is 11.8 Å². The van der Waals surface area contributed by atoms with Crippen molar-refractivity contribution in [1.29, 1.82) is 0 Å². The molecule has 7 heteroatoms. The van der Waals surface area contributed by atoms with Crippen molar-refractivity contribution in [3.8, 4) is 5.88 Å². The van der Waals surface area contributed by atoms with E-state index < -0.39 is 0 Å². The second-order valence-electron chi connectivity index (χ2n) is 3.21. The van der Waals surface area contributed by atoms with Crippen LogP contribution >= 0.6 is 22.9 Å². The van der Waals surface area contributed by atoms with Crippen LogP contribution in [0, 0.1) is 0 Å². The molecule has 0 aliphatic carbocycles. The van der Waals surface area contributed by atoms with E-state index in [4.69, 9.17) is 22.1 Å². The van der Waals surface area contributed by atoms with E-state index in [1.165, 1.54) is 18.4 Å². The second-order valence-corrected chi connectivity index (χ2v) is 5.01. The number of rotatable bonds is 4. The Hall–Kier alpha value is -1.53. The molecule has 0 saturated carbocycles. The lowest BCUT2D eigenvalue weighted by molar-refractivity contribution is 0.398. The van der Waals surface area contributed by atoms with Crippen LogP contribution in [0.15, 0.2) is 18.2 Å². The number of halogens is 1. The number of thiophene rings is 1. The van der Waals surface area contributed by atoms with Gasteiger partial charge in [-0.25, -0.2) is 0 Å². The highest BCUT2D eigenvalue weighted by molar-refractivity contribution is 7.16. The minimum Gasteiger partial charge on any atom is -0.481 e. The molecule has 2 aromatic rings. The Bertz CT molecular complexity index is 517. The molecule has 0 saturated heterocycles. The summed E-state index contributed by atoms with van der Waals surface area (Å²) in [6, 6.07) is 5.51. The number of hydrogen-bond donors (Lipinski definition) is 2. The lowest BCUT2D eigenvalue weighted by atomic mass is 10.4. The third-order valence-corrected chi connectivity index (χ3v) is 3.23. The van der Waals surface area contributed by atoms with Gasteiger partial charge in [0.05, 0.1) is 18.0 Å². The third-order valence-electron chi connectivity index (χ3n) is 2.00. The summed E-state index contributed by atoms with van der Waals surface area (Å²) in [6.45, 7) is 0.636. The van der Waals surface area contributed by atoms with E-state index in [-0.39, 0.29) is 5.95 Å². The van der Waals surface area contributed by atoms with Crippen molar-refractivity contribution >= 4 is 34.7 Å². The van der Waals surface area contributed by atoms with Gasteiger partial charge in [0, 0.05) is 10.9 Å². The quantitative estimate of drug-likeness (QED) is 0.892. The highest BCUT2D eigenvalue weighted by atomic mass is 35.5. The summed E-state index contributed by atoms with van der Waals surface area (Å²) in [4.78, 5) is 9.07. The first-order valence-corrected chi connectivity index (χ1v) is 6.03. The molecule has 17 heavy (non-hydrogen) atoms. The fourth-order valence-corrected chi connectivity index (χ4v) is 2.29. The molecule has 90 valence electrons. The van der Waals surface area contributed by atoms with Crippen LogP contribution in [-0.2, 0) is 6.54 Å². The van der Waals surface area contributed by atoms with Gasteiger partial charge in [0.1, 0.15) is 5.82 Å². The maximum atomic E-state index is 5.84. The van der Waals surface area contributed by atoms with Gasteiger partial charge in [-0.05, 0) is 12.1 Å². The summed E-state index contributed by atoms with van der Waals surface area (Å²) in [5.74, 6) is 1.24. The van der Waals surface area contributed by atoms with Crippen molar-refractivity contribution in [3.63, 3.8) is 0 Å². The molecule has 0 atom stereocenters. The molecule has 0 unspecified atom stereocenters. The molecule has 0 amide bonds. The fraction of sp³-hybridized carbons (Fsp3) is 0.200. The van der Waals surface area contributed by atoms with Crippen LogP contribution < -0.4 is 15.8 Å². The van der Waals surface area contributed by atoms with Gasteiger partial charge in [-0.1, -0.05) is 11.6 Å². The molecule has 2 rings (SSSR count). The van der Waals surface area contributed by atoms with E-state index in [0.29, 0.717) is 18.2 Å². The first kappa shape index (κ1) is 11.9. The Morgan fingerprint density at radius 2 is 2.29 bits per heavy atom. The van der Waals surface area contributed by atoms with Gasteiger partial charge in [0.15, 0.2) is 0 Å². The van der Waals surface area contributed by atoms with E-state index in [0.717, 1.165) is 9.21 Å². The number of nitrogens with two attached hydrogens (primary N) is 1. The standard InChI is InChI=1S/C10H11ClN4OS/c1-16-9-4-8(14-10(12)15-9)13-5-6-2-3-7(11)17-6/h2-4H,5H2,1H3,(H3,12,13,14,15). The second kappa shape index (κ2) is 5.20. The van der Waals surface area contributed by atoms with Crippen molar-refractivity contribution in [2.24, 2.45) is 0 Å². The minimum absolute atomic E-state index is 0.177.